The summed E-state index contributed by atoms with van der Waals surface area (Å²) < 4.78 is 2.60. The molecule has 0 atom stereocenters. The first kappa shape index (κ1) is 14.3. The van der Waals surface area contributed by atoms with Crippen molar-refractivity contribution < 1.29 is 4.79 Å². The van der Waals surface area contributed by atoms with Crippen molar-refractivity contribution in [3.05, 3.63) is 80.6 Å². The van der Waals surface area contributed by atoms with Crippen LogP contribution in [0.4, 0.5) is 0 Å². The summed E-state index contributed by atoms with van der Waals surface area (Å²) in [5, 5.41) is 4.81. The van der Waals surface area contributed by atoms with E-state index in [1.54, 1.807) is 29.2 Å². The smallest absolute Gasteiger partial charge is 0.196 e. The molecule has 0 saturated heterocycles. The number of benzene rings is 2. The van der Waals surface area contributed by atoms with Gasteiger partial charge in [0.15, 0.2) is 5.78 Å². The number of ketones is 1. The molecule has 0 amide bonds. The lowest BCUT2D eigenvalue weighted by atomic mass is 10.1. The number of nitrogens with zero attached hydrogens (tertiary/aromatic N) is 2. The quantitative estimate of drug-likeness (QED) is 0.477. The number of rotatable bonds is 3. The van der Waals surface area contributed by atoms with Gasteiger partial charge in [-0.25, -0.2) is 4.68 Å². The Morgan fingerprint density at radius 1 is 1.10 bits per heavy atom. The van der Waals surface area contributed by atoms with Gasteiger partial charge in [-0.1, -0.05) is 29.8 Å². The van der Waals surface area contributed by atoms with E-state index in [1.807, 2.05) is 36.4 Å². The molecule has 0 N–H and O–H groups in total. The Balaban J connectivity index is 1.92. The van der Waals surface area contributed by atoms with E-state index in [9.17, 15) is 4.79 Å². The summed E-state index contributed by atoms with van der Waals surface area (Å²) >= 11 is 8.20. The molecule has 1 heterocycles. The topological polar surface area (TPSA) is 34.9 Å². The van der Waals surface area contributed by atoms with Crippen molar-refractivity contribution in [3.63, 3.8) is 0 Å². The van der Waals surface area contributed by atoms with Crippen molar-refractivity contribution in [2.45, 2.75) is 0 Å². The van der Waals surface area contributed by atoms with Crippen LogP contribution in [0.2, 0.25) is 5.02 Å². The number of halogens is 2. The number of hydrogen-bond acceptors (Lipinski definition) is 2. The monoisotopic (exact) mass is 408 g/mol. The molecule has 0 radical (unpaired) electrons. The van der Waals surface area contributed by atoms with Gasteiger partial charge in [0.1, 0.15) is 0 Å². The third-order valence-electron chi connectivity index (χ3n) is 3.05. The fourth-order valence-electron chi connectivity index (χ4n) is 1.97. The van der Waals surface area contributed by atoms with Gasteiger partial charge in [-0.05, 0) is 52.9 Å². The van der Waals surface area contributed by atoms with E-state index in [4.69, 9.17) is 11.6 Å². The van der Waals surface area contributed by atoms with Crippen LogP contribution in [-0.4, -0.2) is 15.6 Å². The van der Waals surface area contributed by atoms with Gasteiger partial charge in [0, 0.05) is 15.3 Å². The fraction of sp³-hybridized carbons (Fsp3) is 0. The van der Waals surface area contributed by atoms with Crippen LogP contribution in [-0.2, 0) is 0 Å². The van der Waals surface area contributed by atoms with Crippen LogP contribution in [0.1, 0.15) is 15.9 Å². The molecule has 3 rings (SSSR count). The summed E-state index contributed by atoms with van der Waals surface area (Å²) in [6, 6.07) is 15.0. The maximum atomic E-state index is 12.4. The van der Waals surface area contributed by atoms with Crippen molar-refractivity contribution in [2.75, 3.05) is 0 Å². The molecular weight excluding hydrogens is 399 g/mol. The second-order valence-electron chi connectivity index (χ2n) is 4.47. The highest BCUT2D eigenvalue weighted by molar-refractivity contribution is 14.1. The van der Waals surface area contributed by atoms with Crippen LogP contribution in [0.15, 0.2) is 60.9 Å². The average Bonchev–Trinajstić information content (AvgIpc) is 3.00. The Bertz CT molecular complexity index is 799. The van der Waals surface area contributed by atoms with Crippen LogP contribution in [0.25, 0.3) is 5.69 Å². The molecule has 0 fully saturated rings. The maximum Gasteiger partial charge on any atom is 0.196 e. The van der Waals surface area contributed by atoms with Gasteiger partial charge in [-0.3, -0.25) is 4.79 Å². The van der Waals surface area contributed by atoms with Gasteiger partial charge in [-0.15, -0.1) is 0 Å². The Labute approximate surface area is 140 Å². The highest BCUT2D eigenvalue weighted by Gasteiger charge is 2.13. The maximum absolute atomic E-state index is 12.4. The van der Waals surface area contributed by atoms with Crippen molar-refractivity contribution in [1.29, 1.82) is 0 Å². The van der Waals surface area contributed by atoms with Gasteiger partial charge in [0.05, 0.1) is 22.5 Å². The minimum Gasteiger partial charge on any atom is -0.288 e. The van der Waals surface area contributed by atoms with E-state index < -0.39 is 0 Å². The van der Waals surface area contributed by atoms with Gasteiger partial charge in [0.2, 0.25) is 0 Å². The Hall–Kier alpha value is -1.66. The first-order valence-corrected chi connectivity index (χ1v) is 7.70. The van der Waals surface area contributed by atoms with E-state index in [0.29, 0.717) is 16.1 Å². The van der Waals surface area contributed by atoms with Crippen molar-refractivity contribution >= 4 is 40.0 Å². The molecular formula is C16H10ClIN2O. The number of carbonyl (C=O) groups is 1. The minimum absolute atomic E-state index is 0.0875. The third-order valence-corrected chi connectivity index (χ3v) is 4.62. The fourth-order valence-corrected chi connectivity index (χ4v) is 2.48. The lowest BCUT2D eigenvalue weighted by Gasteiger charge is -2.01. The molecule has 21 heavy (non-hydrogen) atoms. The average molecular weight is 409 g/mol. The van der Waals surface area contributed by atoms with Crippen LogP contribution in [0.5, 0.6) is 0 Å². The predicted molar refractivity (Wildman–Crippen MR) is 91.2 cm³/mol. The summed E-state index contributed by atoms with van der Waals surface area (Å²) in [5.74, 6) is -0.0875. The summed E-state index contributed by atoms with van der Waals surface area (Å²) in [5.41, 5.74) is 2.02. The highest BCUT2D eigenvalue weighted by atomic mass is 127. The summed E-state index contributed by atoms with van der Waals surface area (Å²) in [4.78, 5) is 12.4. The molecule has 0 bridgehead atoms. The third kappa shape index (κ3) is 3.01. The summed E-state index contributed by atoms with van der Waals surface area (Å²) in [6.45, 7) is 0. The van der Waals surface area contributed by atoms with E-state index >= 15 is 0 Å². The predicted octanol–water partition coefficient (Wildman–Crippen LogP) is 4.36. The molecule has 1 aromatic heterocycles. The first-order chi connectivity index (χ1) is 10.1. The highest BCUT2D eigenvalue weighted by Crippen LogP contribution is 2.21. The molecule has 0 aliphatic rings. The Morgan fingerprint density at radius 3 is 2.57 bits per heavy atom. The van der Waals surface area contributed by atoms with Gasteiger partial charge < -0.3 is 0 Å². The van der Waals surface area contributed by atoms with E-state index in [1.165, 1.54) is 0 Å². The normalized spacial score (nSPS) is 10.6. The van der Waals surface area contributed by atoms with E-state index in [0.717, 1.165) is 9.26 Å². The van der Waals surface area contributed by atoms with Crippen LogP contribution < -0.4 is 0 Å². The van der Waals surface area contributed by atoms with E-state index in [-0.39, 0.29) is 5.78 Å². The number of aromatic nitrogens is 2. The molecule has 0 saturated carbocycles. The van der Waals surface area contributed by atoms with Crippen molar-refractivity contribution in [2.24, 2.45) is 0 Å². The molecule has 5 heteroatoms. The first-order valence-electron chi connectivity index (χ1n) is 6.25. The molecule has 2 aromatic carbocycles. The molecule has 3 aromatic rings. The SMILES string of the molecule is O=C(c1ccc(I)c(Cl)c1)c1cnn(-c2ccccc2)c1. The lowest BCUT2D eigenvalue weighted by Crippen LogP contribution is -2.00. The van der Waals surface area contributed by atoms with Crippen LogP contribution in [0.3, 0.4) is 0 Å². The van der Waals surface area contributed by atoms with E-state index in [2.05, 4.69) is 27.7 Å². The molecule has 104 valence electrons. The Kier molecular flexibility index (Phi) is 4.07. The molecule has 0 unspecified atom stereocenters. The van der Waals surface area contributed by atoms with Crippen LogP contribution >= 0.6 is 34.2 Å². The summed E-state index contributed by atoms with van der Waals surface area (Å²) in [7, 11) is 0. The summed E-state index contributed by atoms with van der Waals surface area (Å²) in [6.07, 6.45) is 3.30. The number of para-hydroxylation sites is 1. The zero-order chi connectivity index (χ0) is 14.8. The lowest BCUT2D eigenvalue weighted by molar-refractivity contribution is 0.103. The second kappa shape index (κ2) is 5.99. The molecule has 3 nitrogen and oxygen atoms in total. The standard InChI is InChI=1S/C16H10ClIN2O/c17-14-8-11(6-7-15(14)18)16(21)12-9-19-20(10-12)13-4-2-1-3-5-13/h1-10H. The minimum atomic E-state index is -0.0875. The second-order valence-corrected chi connectivity index (χ2v) is 6.04. The van der Waals surface area contributed by atoms with Crippen molar-refractivity contribution in [1.82, 2.24) is 9.78 Å². The molecule has 0 aliphatic carbocycles. The van der Waals surface area contributed by atoms with Crippen LogP contribution in [0, 0.1) is 3.57 Å². The molecule has 0 aliphatic heterocycles. The zero-order valence-electron chi connectivity index (χ0n) is 10.8. The zero-order valence-corrected chi connectivity index (χ0v) is 13.7. The largest absolute Gasteiger partial charge is 0.288 e. The van der Waals surface area contributed by atoms with Gasteiger partial charge in [0.25, 0.3) is 0 Å². The van der Waals surface area contributed by atoms with Gasteiger partial charge in [-0.2, -0.15) is 5.10 Å². The molecule has 0 spiro atoms. The Morgan fingerprint density at radius 2 is 1.86 bits per heavy atom. The number of carbonyl (C=O) groups excluding carboxylic acids is 1. The van der Waals surface area contributed by atoms with Gasteiger partial charge >= 0.3 is 0 Å². The van der Waals surface area contributed by atoms with Crippen molar-refractivity contribution in [3.8, 4) is 5.69 Å². The number of hydrogen-bond donors (Lipinski definition) is 0.